The summed E-state index contributed by atoms with van der Waals surface area (Å²) in [6.07, 6.45) is 7.08. The lowest BCUT2D eigenvalue weighted by Crippen LogP contribution is -2.43. The zero-order chi connectivity index (χ0) is 24.6. The molecule has 0 amide bonds. The summed E-state index contributed by atoms with van der Waals surface area (Å²) in [5, 5.41) is 0. The second-order valence-corrected chi connectivity index (χ2v) is 12.6. The molecule has 1 saturated heterocycles. The molecule has 0 unspecified atom stereocenters. The minimum absolute atomic E-state index is 0.123. The van der Waals surface area contributed by atoms with Crippen LogP contribution in [0.5, 0.6) is 0 Å². The van der Waals surface area contributed by atoms with Crippen molar-refractivity contribution in [3.8, 4) is 0 Å². The van der Waals surface area contributed by atoms with Gasteiger partial charge in [0.1, 0.15) is 0 Å². The van der Waals surface area contributed by atoms with Gasteiger partial charge in [0.2, 0.25) is 0 Å². The van der Waals surface area contributed by atoms with Gasteiger partial charge in [-0.3, -0.25) is 0 Å². The van der Waals surface area contributed by atoms with Gasteiger partial charge in [-0.05, 0) is 61.2 Å². The van der Waals surface area contributed by atoms with E-state index < -0.39 is 0 Å². The summed E-state index contributed by atoms with van der Waals surface area (Å²) in [6, 6.07) is 0. The molecule has 1 aliphatic heterocycles. The van der Waals surface area contributed by atoms with Crippen LogP contribution in [-0.2, 0) is 28.4 Å². The fraction of sp³-hybridized carbons (Fsp3) is 1.00. The number of fused-ring (bicyclic) bond motifs is 2. The molecule has 0 aromatic heterocycles. The van der Waals surface area contributed by atoms with Crippen molar-refractivity contribution < 1.29 is 28.4 Å². The van der Waals surface area contributed by atoms with Crippen LogP contribution >= 0.6 is 0 Å². The molecule has 0 N–H and O–H groups in total. The van der Waals surface area contributed by atoms with Crippen molar-refractivity contribution in [3.05, 3.63) is 0 Å². The summed E-state index contributed by atoms with van der Waals surface area (Å²) >= 11 is 0. The SMILES string of the molecule is CC(C)(C)[C@@H]1CC[C@@H]2OCCOCCO[C@@H]3CC[C@H](C(C)(C)C)C[C@H]3OCCOCCO[C@H]2C1. The van der Waals surface area contributed by atoms with Crippen molar-refractivity contribution in [1.29, 1.82) is 0 Å². The lowest BCUT2D eigenvalue weighted by molar-refractivity contribution is -0.142. The Balaban J connectivity index is 1.52. The fourth-order valence-electron chi connectivity index (χ4n) is 5.75. The van der Waals surface area contributed by atoms with Crippen LogP contribution in [0.4, 0.5) is 0 Å². The molecule has 2 saturated carbocycles. The van der Waals surface area contributed by atoms with Gasteiger partial charge in [0, 0.05) is 0 Å². The first-order chi connectivity index (χ1) is 16.1. The van der Waals surface area contributed by atoms with Gasteiger partial charge in [-0.1, -0.05) is 41.5 Å². The predicted molar refractivity (Wildman–Crippen MR) is 134 cm³/mol. The van der Waals surface area contributed by atoms with Gasteiger partial charge in [-0.15, -0.1) is 0 Å². The van der Waals surface area contributed by atoms with Crippen molar-refractivity contribution in [1.82, 2.24) is 0 Å². The highest BCUT2D eigenvalue weighted by Crippen LogP contribution is 2.41. The Morgan fingerprint density at radius 2 is 0.735 bits per heavy atom. The molecule has 0 spiro atoms. The number of rotatable bonds is 0. The molecule has 0 aromatic carbocycles. The van der Waals surface area contributed by atoms with Gasteiger partial charge >= 0.3 is 0 Å². The Kier molecular flexibility index (Phi) is 11.1. The molecule has 3 fully saturated rings. The zero-order valence-electron chi connectivity index (χ0n) is 22.8. The normalized spacial score (nSPS) is 36.5. The van der Waals surface area contributed by atoms with Crippen LogP contribution in [0.3, 0.4) is 0 Å². The molecule has 6 atom stereocenters. The maximum absolute atomic E-state index is 6.30. The molecule has 6 heteroatoms. The molecule has 0 aromatic rings. The lowest BCUT2D eigenvalue weighted by atomic mass is 9.71. The largest absolute Gasteiger partial charge is 0.377 e. The van der Waals surface area contributed by atoms with Gasteiger partial charge in [0.15, 0.2) is 0 Å². The van der Waals surface area contributed by atoms with Crippen molar-refractivity contribution >= 4 is 0 Å². The van der Waals surface area contributed by atoms with Crippen molar-refractivity contribution in [2.45, 2.75) is 104 Å². The monoisotopic (exact) mass is 484 g/mol. The molecule has 3 aliphatic rings. The van der Waals surface area contributed by atoms with E-state index >= 15 is 0 Å². The van der Waals surface area contributed by atoms with E-state index in [4.69, 9.17) is 28.4 Å². The molecule has 6 nitrogen and oxygen atoms in total. The second-order valence-electron chi connectivity index (χ2n) is 12.6. The van der Waals surface area contributed by atoms with Crippen molar-refractivity contribution in [2.75, 3.05) is 52.9 Å². The highest BCUT2D eigenvalue weighted by molar-refractivity contribution is 4.88. The Morgan fingerprint density at radius 3 is 1.06 bits per heavy atom. The van der Waals surface area contributed by atoms with Gasteiger partial charge < -0.3 is 28.4 Å². The van der Waals surface area contributed by atoms with E-state index in [1.807, 2.05) is 0 Å². The Labute approximate surface area is 208 Å². The van der Waals surface area contributed by atoms with Crippen LogP contribution in [-0.4, -0.2) is 77.3 Å². The first kappa shape index (κ1) is 28.3. The third kappa shape index (κ3) is 9.01. The highest BCUT2D eigenvalue weighted by Gasteiger charge is 2.38. The van der Waals surface area contributed by atoms with E-state index in [2.05, 4.69) is 41.5 Å². The average Bonchev–Trinajstić information content (AvgIpc) is 2.77. The lowest BCUT2D eigenvalue weighted by Gasteiger charge is -2.41. The third-order valence-corrected chi connectivity index (χ3v) is 8.15. The third-order valence-electron chi connectivity index (χ3n) is 8.15. The molecular formula is C28H52O6. The van der Waals surface area contributed by atoms with Crippen LogP contribution < -0.4 is 0 Å². The Hall–Kier alpha value is -0.240. The summed E-state index contributed by atoms with van der Waals surface area (Å²) < 4.78 is 36.8. The maximum Gasteiger partial charge on any atom is 0.0840 e. The molecule has 3 rings (SSSR count). The predicted octanol–water partition coefficient (Wildman–Crippen LogP) is 5.27. The molecular weight excluding hydrogens is 432 g/mol. The minimum Gasteiger partial charge on any atom is -0.377 e. The van der Waals surface area contributed by atoms with Crippen molar-refractivity contribution in [3.63, 3.8) is 0 Å². The van der Waals surface area contributed by atoms with E-state index in [0.717, 1.165) is 25.7 Å². The van der Waals surface area contributed by atoms with Gasteiger partial charge in [0.05, 0.1) is 77.3 Å². The molecule has 2 aliphatic carbocycles. The summed E-state index contributed by atoms with van der Waals surface area (Å²) in [4.78, 5) is 0. The van der Waals surface area contributed by atoms with E-state index in [-0.39, 0.29) is 24.4 Å². The molecule has 0 bridgehead atoms. The topological polar surface area (TPSA) is 55.4 Å². The standard InChI is InChI=1S/C28H52O6/c1-27(2,3)21-7-9-23-25(19-21)33-17-13-30-14-18-34-26-20-22(28(4,5)6)8-10-24(26)32-16-12-29-11-15-31-23/h21-26H,7-20H2,1-6H3/t21-,22+,23+,24-,25+,26-. The molecule has 0 radical (unpaired) electrons. The smallest absolute Gasteiger partial charge is 0.0840 e. The average molecular weight is 485 g/mol. The first-order valence-corrected chi connectivity index (χ1v) is 13.8. The summed E-state index contributed by atoms with van der Waals surface area (Å²) in [6.45, 7) is 18.8. The summed E-state index contributed by atoms with van der Waals surface area (Å²) in [7, 11) is 0. The highest BCUT2D eigenvalue weighted by atomic mass is 16.6. The fourth-order valence-corrected chi connectivity index (χ4v) is 5.75. The number of hydrogen-bond donors (Lipinski definition) is 0. The summed E-state index contributed by atoms with van der Waals surface area (Å²) in [5.74, 6) is 1.30. The molecule has 34 heavy (non-hydrogen) atoms. The van der Waals surface area contributed by atoms with E-state index in [1.165, 1.54) is 12.8 Å². The van der Waals surface area contributed by atoms with E-state index in [0.29, 0.717) is 75.5 Å². The van der Waals surface area contributed by atoms with Gasteiger partial charge in [0.25, 0.3) is 0 Å². The number of hydrogen-bond acceptors (Lipinski definition) is 6. The van der Waals surface area contributed by atoms with E-state index in [9.17, 15) is 0 Å². The Bertz CT molecular complexity index is 520. The first-order valence-electron chi connectivity index (χ1n) is 13.8. The second kappa shape index (κ2) is 13.3. The zero-order valence-corrected chi connectivity index (χ0v) is 22.8. The van der Waals surface area contributed by atoms with Crippen LogP contribution in [0.15, 0.2) is 0 Å². The molecule has 1 heterocycles. The van der Waals surface area contributed by atoms with Gasteiger partial charge in [-0.2, -0.15) is 0 Å². The van der Waals surface area contributed by atoms with Gasteiger partial charge in [-0.25, -0.2) is 0 Å². The van der Waals surface area contributed by atoms with Crippen LogP contribution in [0, 0.1) is 22.7 Å². The van der Waals surface area contributed by atoms with Crippen molar-refractivity contribution in [2.24, 2.45) is 22.7 Å². The minimum atomic E-state index is 0.123. The van der Waals surface area contributed by atoms with E-state index in [1.54, 1.807) is 0 Å². The summed E-state index contributed by atoms with van der Waals surface area (Å²) in [5.41, 5.74) is 0.584. The quantitative estimate of drug-likeness (QED) is 0.467. The Morgan fingerprint density at radius 1 is 0.412 bits per heavy atom. The maximum atomic E-state index is 6.30. The van der Waals surface area contributed by atoms with Crippen LogP contribution in [0.25, 0.3) is 0 Å². The molecule has 200 valence electrons. The van der Waals surface area contributed by atoms with Crippen LogP contribution in [0.1, 0.15) is 80.1 Å². The van der Waals surface area contributed by atoms with Crippen LogP contribution in [0.2, 0.25) is 0 Å². The number of ether oxygens (including phenoxy) is 6.